The van der Waals surface area contributed by atoms with Crippen molar-refractivity contribution in [2.45, 2.75) is 13.5 Å². The Hall–Kier alpha value is -3.24. The second-order valence-electron chi connectivity index (χ2n) is 6.08. The number of aryl methyl sites for hydroxylation is 1. The first-order chi connectivity index (χ1) is 13.2. The molecule has 0 saturated heterocycles. The van der Waals surface area contributed by atoms with E-state index in [1.54, 1.807) is 18.6 Å². The Morgan fingerprint density at radius 1 is 1.15 bits per heavy atom. The topological polar surface area (TPSA) is 78.9 Å². The predicted molar refractivity (Wildman–Crippen MR) is 107 cm³/mol. The molecule has 0 radical (unpaired) electrons. The van der Waals surface area contributed by atoms with Gasteiger partial charge in [-0.05, 0) is 57.7 Å². The van der Waals surface area contributed by atoms with Crippen molar-refractivity contribution in [3.05, 3.63) is 76.5 Å². The van der Waals surface area contributed by atoms with Crippen LogP contribution in [0.3, 0.4) is 0 Å². The van der Waals surface area contributed by atoms with Gasteiger partial charge in [-0.3, -0.25) is 9.38 Å². The highest BCUT2D eigenvalue weighted by atomic mass is 79.9. The van der Waals surface area contributed by atoms with Gasteiger partial charge in [-0.25, -0.2) is 9.97 Å². The number of nitrogens with zero attached hydrogens (tertiary/aromatic N) is 5. The fourth-order valence-electron chi connectivity index (χ4n) is 2.96. The lowest BCUT2D eigenvalue weighted by atomic mass is 9.98. The number of hydrogen-bond donors (Lipinski definition) is 1. The Kier molecular flexibility index (Phi) is 4.57. The van der Waals surface area contributed by atoms with E-state index in [-0.39, 0.29) is 0 Å². The summed E-state index contributed by atoms with van der Waals surface area (Å²) < 4.78 is 2.77. The predicted octanol–water partition coefficient (Wildman–Crippen LogP) is 4.35. The fourth-order valence-corrected chi connectivity index (χ4v) is 3.35. The maximum absolute atomic E-state index is 9.59. The van der Waals surface area contributed by atoms with Gasteiger partial charge in [0, 0.05) is 30.8 Å². The summed E-state index contributed by atoms with van der Waals surface area (Å²) in [5.41, 5.74) is 5.20. The lowest BCUT2D eigenvalue weighted by molar-refractivity contribution is 1.06. The van der Waals surface area contributed by atoms with Crippen molar-refractivity contribution in [1.29, 1.82) is 5.26 Å². The standard InChI is InChI=1S/C20H15BrN6/c1-13-8-15(4-5-23-13)17-3-2-14(9-16(17)10-22)11-25-19-20-26-12-18(21)27(20)7-6-24-19/h2-9,12H,11H2,1H3,(H,24,25). The van der Waals surface area contributed by atoms with Gasteiger partial charge in [0.25, 0.3) is 0 Å². The van der Waals surface area contributed by atoms with Gasteiger partial charge in [-0.15, -0.1) is 0 Å². The molecule has 0 fully saturated rings. The zero-order valence-corrected chi connectivity index (χ0v) is 16.1. The van der Waals surface area contributed by atoms with Crippen LogP contribution in [0.15, 0.2) is 59.7 Å². The van der Waals surface area contributed by atoms with Crippen molar-refractivity contribution < 1.29 is 0 Å². The van der Waals surface area contributed by atoms with Crippen molar-refractivity contribution in [2.75, 3.05) is 5.32 Å². The third-order valence-corrected chi connectivity index (χ3v) is 4.84. The molecule has 27 heavy (non-hydrogen) atoms. The Balaban J connectivity index is 1.61. The number of hydrogen-bond acceptors (Lipinski definition) is 5. The second-order valence-corrected chi connectivity index (χ2v) is 6.89. The largest absolute Gasteiger partial charge is 0.363 e. The number of anilines is 1. The van der Waals surface area contributed by atoms with Crippen LogP contribution < -0.4 is 5.32 Å². The van der Waals surface area contributed by atoms with Crippen LogP contribution in [-0.2, 0) is 6.54 Å². The van der Waals surface area contributed by atoms with Crippen molar-refractivity contribution >= 4 is 27.4 Å². The molecule has 0 aliphatic rings. The molecular formula is C20H15BrN6. The van der Waals surface area contributed by atoms with Gasteiger partial charge < -0.3 is 5.32 Å². The second kappa shape index (κ2) is 7.17. The van der Waals surface area contributed by atoms with Gasteiger partial charge >= 0.3 is 0 Å². The molecule has 0 aliphatic heterocycles. The first-order valence-electron chi connectivity index (χ1n) is 8.33. The molecule has 0 aliphatic carbocycles. The molecule has 0 spiro atoms. The summed E-state index contributed by atoms with van der Waals surface area (Å²) in [5.74, 6) is 0.690. The average Bonchev–Trinajstić information content (AvgIpc) is 3.08. The Labute approximate surface area is 164 Å². The van der Waals surface area contributed by atoms with E-state index in [0.717, 1.165) is 32.6 Å². The Morgan fingerprint density at radius 3 is 2.85 bits per heavy atom. The maximum Gasteiger partial charge on any atom is 0.180 e. The van der Waals surface area contributed by atoms with Gasteiger partial charge in [0.2, 0.25) is 0 Å². The minimum atomic E-state index is 0.543. The van der Waals surface area contributed by atoms with Crippen molar-refractivity contribution in [2.24, 2.45) is 0 Å². The SMILES string of the molecule is Cc1cc(-c2ccc(CNc3nccn4c(Br)cnc34)cc2C#N)ccn1. The number of halogens is 1. The number of nitrogens with one attached hydrogen (secondary N) is 1. The average molecular weight is 419 g/mol. The molecule has 3 heterocycles. The summed E-state index contributed by atoms with van der Waals surface area (Å²) in [7, 11) is 0. The molecule has 0 saturated carbocycles. The van der Waals surface area contributed by atoms with Gasteiger partial charge in [0.1, 0.15) is 4.60 Å². The molecule has 4 rings (SSSR count). The summed E-state index contributed by atoms with van der Waals surface area (Å²) in [6, 6.07) is 12.1. The molecular weight excluding hydrogens is 404 g/mol. The number of aromatic nitrogens is 4. The lowest BCUT2D eigenvalue weighted by Gasteiger charge is -2.10. The molecule has 1 aromatic carbocycles. The minimum absolute atomic E-state index is 0.543. The Bertz CT molecular complexity index is 1170. The first kappa shape index (κ1) is 17.2. The zero-order valence-electron chi connectivity index (χ0n) is 14.5. The number of pyridine rings is 1. The summed E-state index contributed by atoms with van der Waals surface area (Å²) in [4.78, 5) is 12.9. The smallest absolute Gasteiger partial charge is 0.180 e. The van der Waals surface area contributed by atoms with E-state index >= 15 is 0 Å². The molecule has 4 aromatic rings. The number of benzene rings is 1. The summed E-state index contributed by atoms with van der Waals surface area (Å²) in [6.45, 7) is 2.48. The molecule has 132 valence electrons. The van der Waals surface area contributed by atoms with Crippen molar-refractivity contribution in [3.8, 4) is 17.2 Å². The minimum Gasteiger partial charge on any atom is -0.363 e. The molecule has 0 bridgehead atoms. The highest BCUT2D eigenvalue weighted by molar-refractivity contribution is 9.10. The van der Waals surface area contributed by atoms with E-state index in [0.29, 0.717) is 17.9 Å². The quantitative estimate of drug-likeness (QED) is 0.532. The highest BCUT2D eigenvalue weighted by Gasteiger charge is 2.09. The van der Waals surface area contributed by atoms with Crippen LogP contribution in [-0.4, -0.2) is 19.4 Å². The fraction of sp³-hybridized carbons (Fsp3) is 0.100. The molecule has 0 unspecified atom stereocenters. The van der Waals surface area contributed by atoms with Crippen LogP contribution in [0.25, 0.3) is 16.8 Å². The van der Waals surface area contributed by atoms with E-state index < -0.39 is 0 Å². The van der Waals surface area contributed by atoms with Crippen LogP contribution >= 0.6 is 15.9 Å². The van der Waals surface area contributed by atoms with Gasteiger partial charge in [-0.2, -0.15) is 5.26 Å². The third-order valence-electron chi connectivity index (χ3n) is 4.25. The van der Waals surface area contributed by atoms with E-state index in [1.165, 1.54) is 0 Å². The van der Waals surface area contributed by atoms with E-state index in [1.807, 2.05) is 47.9 Å². The van der Waals surface area contributed by atoms with Crippen LogP contribution in [0.2, 0.25) is 0 Å². The molecule has 7 heteroatoms. The first-order valence-corrected chi connectivity index (χ1v) is 9.12. The number of rotatable bonds is 4. The van der Waals surface area contributed by atoms with E-state index in [4.69, 9.17) is 0 Å². The maximum atomic E-state index is 9.59. The highest BCUT2D eigenvalue weighted by Crippen LogP contribution is 2.25. The van der Waals surface area contributed by atoms with Crippen LogP contribution in [0.1, 0.15) is 16.8 Å². The summed E-state index contributed by atoms with van der Waals surface area (Å²) in [5, 5.41) is 12.9. The molecule has 1 N–H and O–H groups in total. The monoisotopic (exact) mass is 418 g/mol. The van der Waals surface area contributed by atoms with E-state index in [9.17, 15) is 5.26 Å². The molecule has 6 nitrogen and oxygen atoms in total. The normalized spacial score (nSPS) is 10.7. The molecule has 3 aromatic heterocycles. The van der Waals surface area contributed by atoms with Gasteiger partial charge in [0.05, 0.1) is 17.8 Å². The van der Waals surface area contributed by atoms with Crippen molar-refractivity contribution in [1.82, 2.24) is 19.4 Å². The van der Waals surface area contributed by atoms with Gasteiger partial charge in [-0.1, -0.05) is 12.1 Å². The summed E-state index contributed by atoms with van der Waals surface area (Å²) >= 11 is 3.46. The van der Waals surface area contributed by atoms with Crippen molar-refractivity contribution in [3.63, 3.8) is 0 Å². The lowest BCUT2D eigenvalue weighted by Crippen LogP contribution is -2.04. The number of fused-ring (bicyclic) bond motifs is 1. The summed E-state index contributed by atoms with van der Waals surface area (Å²) in [6.07, 6.45) is 7.06. The van der Waals surface area contributed by atoms with E-state index in [2.05, 4.69) is 42.3 Å². The van der Waals surface area contributed by atoms with Crippen LogP contribution in [0.4, 0.5) is 5.82 Å². The third kappa shape index (κ3) is 3.39. The Morgan fingerprint density at radius 2 is 2.04 bits per heavy atom. The van der Waals surface area contributed by atoms with Crippen LogP contribution in [0, 0.1) is 18.3 Å². The zero-order chi connectivity index (χ0) is 18.8. The molecule has 0 amide bonds. The molecule has 0 atom stereocenters. The number of nitriles is 1. The number of imidazole rings is 1. The van der Waals surface area contributed by atoms with Gasteiger partial charge in [0.15, 0.2) is 11.5 Å². The van der Waals surface area contributed by atoms with Crippen LogP contribution in [0.5, 0.6) is 0 Å².